The molecule has 2 fully saturated rings. The van der Waals surface area contributed by atoms with Crippen molar-refractivity contribution in [3.05, 3.63) is 0 Å². The van der Waals surface area contributed by atoms with Gasteiger partial charge in [0.05, 0.1) is 19.0 Å². The maximum absolute atomic E-state index is 12.3. The minimum absolute atomic E-state index is 0. The number of halogens is 1. The zero-order chi connectivity index (χ0) is 14.0. The lowest BCUT2D eigenvalue weighted by molar-refractivity contribution is -0.140. The standard InChI is InChI=1S/C11H21N3O4S.ClH/c1-9-10(12-3-8-18-9)11(15)13-4-6-14(7-5-13)19(2,16)17;/h9-10,12H,3-8H2,1-2H3;1H/t9-,10+;/m1./s1. The molecule has 2 saturated heterocycles. The summed E-state index contributed by atoms with van der Waals surface area (Å²) in [6.07, 6.45) is 1.05. The van der Waals surface area contributed by atoms with Gasteiger partial charge in [0.1, 0.15) is 6.04 Å². The number of carbonyl (C=O) groups excluding carboxylic acids is 1. The van der Waals surface area contributed by atoms with Crippen molar-refractivity contribution in [1.82, 2.24) is 14.5 Å². The second-order valence-corrected chi connectivity index (χ2v) is 6.98. The first-order chi connectivity index (χ1) is 8.89. The SMILES string of the molecule is C[C@H]1OCCN[C@@H]1C(=O)N1CCN(S(C)(=O)=O)CC1.Cl. The molecular formula is C11H22ClN3O4S. The van der Waals surface area contributed by atoms with Gasteiger partial charge in [-0.3, -0.25) is 4.79 Å². The van der Waals surface area contributed by atoms with Gasteiger partial charge in [0.15, 0.2) is 0 Å². The molecule has 0 unspecified atom stereocenters. The van der Waals surface area contributed by atoms with Crippen molar-refractivity contribution in [3.63, 3.8) is 0 Å². The number of amides is 1. The summed E-state index contributed by atoms with van der Waals surface area (Å²) in [6, 6.07) is -0.321. The quantitative estimate of drug-likeness (QED) is 0.696. The van der Waals surface area contributed by atoms with E-state index in [9.17, 15) is 13.2 Å². The molecule has 2 atom stereocenters. The summed E-state index contributed by atoms with van der Waals surface area (Å²) < 4.78 is 29.7. The monoisotopic (exact) mass is 327 g/mol. The van der Waals surface area contributed by atoms with Crippen LogP contribution in [0, 0.1) is 0 Å². The van der Waals surface area contributed by atoms with Crippen LogP contribution in [0.1, 0.15) is 6.92 Å². The van der Waals surface area contributed by atoms with Crippen LogP contribution >= 0.6 is 12.4 Å². The molecule has 2 heterocycles. The summed E-state index contributed by atoms with van der Waals surface area (Å²) in [5.74, 6) is 0.000325. The van der Waals surface area contributed by atoms with Crippen LogP contribution in [0.5, 0.6) is 0 Å². The highest BCUT2D eigenvalue weighted by molar-refractivity contribution is 7.88. The number of ether oxygens (including phenoxy) is 1. The number of piperazine rings is 1. The van der Waals surface area contributed by atoms with Gasteiger partial charge in [-0.15, -0.1) is 12.4 Å². The van der Waals surface area contributed by atoms with Crippen LogP contribution in [0.4, 0.5) is 0 Å². The molecule has 9 heteroatoms. The fraction of sp³-hybridized carbons (Fsp3) is 0.909. The number of hydrogen-bond donors (Lipinski definition) is 1. The van der Waals surface area contributed by atoms with Crippen LogP contribution in [-0.4, -0.2) is 81.3 Å². The lowest BCUT2D eigenvalue weighted by atomic mass is 10.1. The third-order valence-corrected chi connectivity index (χ3v) is 4.91. The summed E-state index contributed by atoms with van der Waals surface area (Å²) in [5.41, 5.74) is 0. The van der Waals surface area contributed by atoms with Gasteiger partial charge >= 0.3 is 0 Å². The van der Waals surface area contributed by atoms with Crippen molar-refractivity contribution in [3.8, 4) is 0 Å². The van der Waals surface area contributed by atoms with E-state index in [1.807, 2.05) is 6.92 Å². The Morgan fingerprint density at radius 3 is 2.35 bits per heavy atom. The van der Waals surface area contributed by atoms with E-state index in [4.69, 9.17) is 4.74 Å². The third kappa shape index (κ3) is 4.05. The number of sulfonamides is 1. The van der Waals surface area contributed by atoms with Crippen molar-refractivity contribution in [2.45, 2.75) is 19.1 Å². The molecule has 0 aromatic heterocycles. The summed E-state index contributed by atoms with van der Waals surface area (Å²) >= 11 is 0. The predicted molar refractivity (Wildman–Crippen MR) is 77.4 cm³/mol. The molecule has 0 saturated carbocycles. The van der Waals surface area contributed by atoms with E-state index >= 15 is 0 Å². The first-order valence-corrected chi connectivity index (χ1v) is 8.33. The summed E-state index contributed by atoms with van der Waals surface area (Å²) in [7, 11) is -3.16. The van der Waals surface area contributed by atoms with Crippen LogP contribution in [0.3, 0.4) is 0 Å². The van der Waals surface area contributed by atoms with E-state index in [1.54, 1.807) is 4.90 Å². The first-order valence-electron chi connectivity index (χ1n) is 6.48. The highest BCUT2D eigenvalue weighted by Gasteiger charge is 2.34. The van der Waals surface area contributed by atoms with Gasteiger partial charge in [0.2, 0.25) is 15.9 Å². The van der Waals surface area contributed by atoms with Gasteiger partial charge in [-0.1, -0.05) is 0 Å². The van der Waals surface area contributed by atoms with Crippen molar-refractivity contribution < 1.29 is 17.9 Å². The smallest absolute Gasteiger partial charge is 0.242 e. The van der Waals surface area contributed by atoms with Gasteiger partial charge in [-0.25, -0.2) is 8.42 Å². The lowest BCUT2D eigenvalue weighted by Gasteiger charge is -2.38. The Hall–Kier alpha value is -0.410. The Kier molecular flexibility index (Phi) is 6.21. The van der Waals surface area contributed by atoms with E-state index in [1.165, 1.54) is 10.6 Å². The van der Waals surface area contributed by atoms with E-state index in [-0.39, 0.29) is 30.5 Å². The molecule has 1 amide bonds. The average Bonchev–Trinajstić information content (AvgIpc) is 2.38. The molecule has 20 heavy (non-hydrogen) atoms. The Morgan fingerprint density at radius 2 is 1.85 bits per heavy atom. The maximum atomic E-state index is 12.3. The number of morpholine rings is 1. The number of nitrogens with zero attached hydrogens (tertiary/aromatic N) is 2. The van der Waals surface area contributed by atoms with Gasteiger partial charge in [-0.05, 0) is 6.92 Å². The Morgan fingerprint density at radius 1 is 1.25 bits per heavy atom. The van der Waals surface area contributed by atoms with Crippen molar-refractivity contribution >= 4 is 28.3 Å². The molecule has 0 aromatic rings. The van der Waals surface area contributed by atoms with E-state index in [0.29, 0.717) is 39.3 Å². The van der Waals surface area contributed by atoms with Crippen LogP contribution in [0.2, 0.25) is 0 Å². The molecule has 2 aliphatic heterocycles. The molecule has 0 radical (unpaired) electrons. The number of carbonyl (C=O) groups is 1. The highest BCUT2D eigenvalue weighted by atomic mass is 35.5. The van der Waals surface area contributed by atoms with Crippen molar-refractivity contribution in [2.75, 3.05) is 45.6 Å². The van der Waals surface area contributed by atoms with Crippen molar-refractivity contribution in [2.24, 2.45) is 0 Å². The molecule has 118 valence electrons. The summed E-state index contributed by atoms with van der Waals surface area (Å²) in [6.45, 7) is 4.78. The molecule has 0 aliphatic carbocycles. The van der Waals surface area contributed by atoms with Gasteiger partial charge in [0.25, 0.3) is 0 Å². The largest absolute Gasteiger partial charge is 0.375 e. The Labute approximate surface area is 126 Å². The van der Waals surface area contributed by atoms with E-state index in [2.05, 4.69) is 5.32 Å². The van der Waals surface area contributed by atoms with E-state index < -0.39 is 10.0 Å². The molecular weight excluding hydrogens is 306 g/mol. The normalized spacial score (nSPS) is 28.8. The predicted octanol–water partition coefficient (Wildman–Crippen LogP) is -1.11. The topological polar surface area (TPSA) is 79.0 Å². The number of rotatable bonds is 2. The lowest BCUT2D eigenvalue weighted by Crippen LogP contribution is -2.60. The van der Waals surface area contributed by atoms with Gasteiger partial charge < -0.3 is 15.0 Å². The summed E-state index contributed by atoms with van der Waals surface area (Å²) in [4.78, 5) is 14.0. The Balaban J connectivity index is 0.00000200. The summed E-state index contributed by atoms with van der Waals surface area (Å²) in [5, 5.41) is 3.16. The fourth-order valence-electron chi connectivity index (χ4n) is 2.45. The molecule has 2 rings (SSSR count). The minimum atomic E-state index is -3.16. The van der Waals surface area contributed by atoms with Crippen LogP contribution in [0.25, 0.3) is 0 Å². The van der Waals surface area contributed by atoms with Crippen LogP contribution in [-0.2, 0) is 19.6 Å². The van der Waals surface area contributed by atoms with Crippen molar-refractivity contribution in [1.29, 1.82) is 0 Å². The second-order valence-electron chi connectivity index (χ2n) is 5.00. The fourth-order valence-corrected chi connectivity index (χ4v) is 3.27. The molecule has 1 N–H and O–H groups in total. The van der Waals surface area contributed by atoms with Crippen LogP contribution < -0.4 is 5.32 Å². The molecule has 2 aliphatic rings. The minimum Gasteiger partial charge on any atom is -0.375 e. The zero-order valence-corrected chi connectivity index (χ0v) is 13.4. The number of nitrogens with one attached hydrogen (secondary N) is 1. The molecule has 0 bridgehead atoms. The third-order valence-electron chi connectivity index (χ3n) is 3.60. The average molecular weight is 328 g/mol. The van der Waals surface area contributed by atoms with Gasteiger partial charge in [-0.2, -0.15) is 4.31 Å². The van der Waals surface area contributed by atoms with E-state index in [0.717, 1.165) is 0 Å². The first kappa shape index (κ1) is 17.6. The van der Waals surface area contributed by atoms with Crippen LogP contribution in [0.15, 0.2) is 0 Å². The molecule has 0 spiro atoms. The zero-order valence-electron chi connectivity index (χ0n) is 11.7. The maximum Gasteiger partial charge on any atom is 0.242 e. The molecule has 7 nitrogen and oxygen atoms in total. The molecule has 0 aromatic carbocycles. The number of hydrogen-bond acceptors (Lipinski definition) is 5. The highest BCUT2D eigenvalue weighted by Crippen LogP contribution is 2.11. The van der Waals surface area contributed by atoms with Gasteiger partial charge in [0, 0.05) is 32.7 Å². The Bertz CT molecular complexity index is 437. The second kappa shape index (κ2) is 7.04.